The van der Waals surface area contributed by atoms with E-state index in [0.29, 0.717) is 16.3 Å². The second-order valence-corrected chi connectivity index (χ2v) is 9.97. The second kappa shape index (κ2) is 9.95. The number of benzene rings is 3. The maximum Gasteiger partial charge on any atom is 0.249 e. The van der Waals surface area contributed by atoms with Crippen molar-refractivity contribution in [1.82, 2.24) is 9.91 Å². The van der Waals surface area contributed by atoms with Crippen LogP contribution in [0.3, 0.4) is 0 Å². The second-order valence-electron chi connectivity index (χ2n) is 8.62. The largest absolute Gasteiger partial charge is 0.386 e. The number of carbonyl (C=O) groups excluding carboxylic acids is 2. The minimum Gasteiger partial charge on any atom is -0.386 e. The smallest absolute Gasteiger partial charge is 0.249 e. The van der Waals surface area contributed by atoms with Gasteiger partial charge in [0.05, 0.1) is 24.6 Å². The fourth-order valence-corrected chi connectivity index (χ4v) is 4.97. The summed E-state index contributed by atoms with van der Waals surface area (Å²) in [5.74, 6) is -1.21. The van der Waals surface area contributed by atoms with Gasteiger partial charge in [-0.05, 0) is 47.5 Å². The molecule has 35 heavy (non-hydrogen) atoms. The summed E-state index contributed by atoms with van der Waals surface area (Å²) in [5.41, 5.74) is 5.55. The topological polar surface area (TPSA) is 72.9 Å². The lowest BCUT2D eigenvalue weighted by Gasteiger charge is -2.40. The number of nitrogens with zero attached hydrogens (tertiary/aromatic N) is 2. The number of aliphatic hydroxyl groups is 1. The zero-order valence-corrected chi connectivity index (χ0v) is 20.9. The Morgan fingerprint density at radius 1 is 0.914 bits per heavy atom. The van der Waals surface area contributed by atoms with Crippen molar-refractivity contribution in [3.05, 3.63) is 112 Å². The van der Waals surface area contributed by atoms with Gasteiger partial charge in [0.25, 0.3) is 0 Å². The molecule has 2 aliphatic rings. The molecular weight excluding hydrogens is 530 g/mol. The molecule has 8 heteroatoms. The summed E-state index contributed by atoms with van der Waals surface area (Å²) in [6.07, 6.45) is 2.61. The highest BCUT2D eigenvalue weighted by atomic mass is 79.9. The van der Waals surface area contributed by atoms with Crippen LogP contribution in [0, 0.1) is 5.92 Å². The third-order valence-electron chi connectivity index (χ3n) is 6.37. The van der Waals surface area contributed by atoms with Gasteiger partial charge in [-0.25, -0.2) is 5.01 Å². The Morgan fingerprint density at radius 3 is 2.29 bits per heavy atom. The van der Waals surface area contributed by atoms with Crippen LogP contribution >= 0.6 is 27.5 Å². The first-order chi connectivity index (χ1) is 16.9. The van der Waals surface area contributed by atoms with Crippen LogP contribution in [0.15, 0.2) is 95.5 Å². The number of aliphatic hydroxyl groups excluding tert-OH is 1. The van der Waals surface area contributed by atoms with E-state index in [1.54, 1.807) is 41.4 Å². The van der Waals surface area contributed by atoms with Crippen molar-refractivity contribution in [1.29, 1.82) is 0 Å². The molecule has 2 aliphatic heterocycles. The molecule has 4 atom stereocenters. The summed E-state index contributed by atoms with van der Waals surface area (Å²) in [5, 5.41) is 13.6. The third kappa shape index (κ3) is 4.77. The lowest BCUT2D eigenvalue weighted by atomic mass is 9.90. The van der Waals surface area contributed by atoms with Gasteiger partial charge in [-0.2, -0.15) is 0 Å². The van der Waals surface area contributed by atoms with Crippen molar-refractivity contribution in [2.75, 3.05) is 5.43 Å². The Kier molecular flexibility index (Phi) is 6.75. The van der Waals surface area contributed by atoms with E-state index in [-0.39, 0.29) is 18.4 Å². The maximum absolute atomic E-state index is 13.6. The fraction of sp³-hybridized carbons (Fsp3) is 0.185. The average molecular weight is 553 g/mol. The van der Waals surface area contributed by atoms with Crippen LogP contribution < -0.4 is 5.43 Å². The number of nitrogens with one attached hydrogen (secondary N) is 1. The molecule has 0 saturated carbocycles. The van der Waals surface area contributed by atoms with Gasteiger partial charge in [0.1, 0.15) is 6.04 Å². The number of carbonyl (C=O) groups is 2. The SMILES string of the molecule is O=C1C2[C@@H](C=C[C@H]([C@H](O)c3ccc(Br)cc3)N2Nc2ccc(Cl)cc2)C(=O)N1Cc1ccccc1. The minimum absolute atomic E-state index is 0.202. The summed E-state index contributed by atoms with van der Waals surface area (Å²) in [7, 11) is 0. The van der Waals surface area contributed by atoms with Crippen LogP contribution in [0.2, 0.25) is 5.02 Å². The van der Waals surface area contributed by atoms with Gasteiger partial charge in [0, 0.05) is 15.2 Å². The highest BCUT2D eigenvalue weighted by molar-refractivity contribution is 9.10. The average Bonchev–Trinajstić information content (AvgIpc) is 3.11. The Hall–Kier alpha value is -2.97. The van der Waals surface area contributed by atoms with Crippen molar-refractivity contribution in [2.45, 2.75) is 24.7 Å². The summed E-state index contributed by atoms with van der Waals surface area (Å²) in [6.45, 7) is 0.202. The zero-order valence-electron chi connectivity index (χ0n) is 18.6. The van der Waals surface area contributed by atoms with E-state index in [1.807, 2.05) is 54.6 Å². The fourth-order valence-electron chi connectivity index (χ4n) is 4.58. The van der Waals surface area contributed by atoms with Crippen molar-refractivity contribution in [3.63, 3.8) is 0 Å². The number of fused-ring (bicyclic) bond motifs is 1. The molecule has 0 radical (unpaired) electrons. The van der Waals surface area contributed by atoms with Crippen molar-refractivity contribution in [2.24, 2.45) is 5.92 Å². The monoisotopic (exact) mass is 551 g/mol. The molecule has 1 saturated heterocycles. The Morgan fingerprint density at radius 2 is 1.60 bits per heavy atom. The molecule has 2 heterocycles. The zero-order chi connectivity index (χ0) is 24.5. The van der Waals surface area contributed by atoms with Crippen LogP contribution in [0.1, 0.15) is 17.2 Å². The van der Waals surface area contributed by atoms with Gasteiger partial charge in [0.2, 0.25) is 11.8 Å². The minimum atomic E-state index is -0.939. The molecule has 3 aromatic rings. The summed E-state index contributed by atoms with van der Waals surface area (Å²) < 4.78 is 0.900. The van der Waals surface area contributed by atoms with E-state index >= 15 is 0 Å². The van der Waals surface area contributed by atoms with Crippen LogP contribution in [-0.2, 0) is 16.1 Å². The maximum atomic E-state index is 13.6. The number of hydrogen-bond donors (Lipinski definition) is 2. The normalized spacial score (nSPS) is 22.8. The number of hydrazine groups is 1. The lowest BCUT2D eigenvalue weighted by molar-refractivity contribution is -0.140. The molecule has 0 aliphatic carbocycles. The number of hydrogen-bond acceptors (Lipinski definition) is 5. The van der Waals surface area contributed by atoms with E-state index in [4.69, 9.17) is 11.6 Å². The standard InChI is InChI=1S/C27H23BrClN3O3/c28-19-8-6-18(7-9-19)25(33)23-15-14-22-24(32(23)30-21-12-10-20(29)11-13-21)27(35)31(26(22)34)16-17-4-2-1-3-5-17/h1-15,22-25,30,33H,16H2/t22-,23-,24?,25-/m1/s1. The first-order valence-electron chi connectivity index (χ1n) is 11.2. The van der Waals surface area contributed by atoms with Crippen LogP contribution in [-0.4, -0.2) is 38.9 Å². The first kappa shape index (κ1) is 23.8. The number of anilines is 1. The summed E-state index contributed by atoms with van der Waals surface area (Å²) >= 11 is 9.47. The molecule has 1 fully saturated rings. The van der Waals surface area contributed by atoms with Crippen molar-refractivity contribution < 1.29 is 14.7 Å². The number of amides is 2. The van der Waals surface area contributed by atoms with Gasteiger partial charge in [-0.15, -0.1) is 0 Å². The van der Waals surface area contributed by atoms with Gasteiger partial charge in [-0.3, -0.25) is 14.5 Å². The van der Waals surface area contributed by atoms with Crippen LogP contribution in [0.4, 0.5) is 5.69 Å². The van der Waals surface area contributed by atoms with E-state index in [9.17, 15) is 14.7 Å². The van der Waals surface area contributed by atoms with Crippen molar-refractivity contribution in [3.8, 4) is 0 Å². The van der Waals surface area contributed by atoms with Crippen LogP contribution in [0.5, 0.6) is 0 Å². The number of likely N-dealkylation sites (tertiary alicyclic amines) is 1. The highest BCUT2D eigenvalue weighted by Gasteiger charge is 2.53. The van der Waals surface area contributed by atoms with E-state index in [1.165, 1.54) is 4.90 Å². The molecule has 5 rings (SSSR count). The van der Waals surface area contributed by atoms with E-state index in [2.05, 4.69) is 21.4 Å². The number of imide groups is 1. The quantitative estimate of drug-likeness (QED) is 0.334. The van der Waals surface area contributed by atoms with E-state index < -0.39 is 24.1 Å². The molecule has 3 aromatic carbocycles. The molecule has 0 aromatic heterocycles. The van der Waals surface area contributed by atoms with Gasteiger partial charge in [-0.1, -0.05) is 82.1 Å². The molecule has 2 amide bonds. The molecule has 6 nitrogen and oxygen atoms in total. The van der Waals surface area contributed by atoms with E-state index in [0.717, 1.165) is 10.0 Å². The Balaban J connectivity index is 1.49. The first-order valence-corrected chi connectivity index (χ1v) is 12.4. The molecule has 1 unspecified atom stereocenters. The molecule has 2 N–H and O–H groups in total. The summed E-state index contributed by atoms with van der Waals surface area (Å²) in [6, 6.07) is 22.5. The number of rotatable bonds is 6. The molecule has 0 bridgehead atoms. The lowest BCUT2D eigenvalue weighted by Crippen LogP contribution is -2.55. The van der Waals surface area contributed by atoms with Gasteiger partial charge < -0.3 is 10.5 Å². The van der Waals surface area contributed by atoms with Crippen LogP contribution in [0.25, 0.3) is 0 Å². The van der Waals surface area contributed by atoms with Gasteiger partial charge >= 0.3 is 0 Å². The highest BCUT2D eigenvalue weighted by Crippen LogP contribution is 2.37. The van der Waals surface area contributed by atoms with Crippen molar-refractivity contribution >= 4 is 45.0 Å². The summed E-state index contributed by atoms with van der Waals surface area (Å²) in [4.78, 5) is 28.2. The molecule has 0 spiro atoms. The predicted molar refractivity (Wildman–Crippen MR) is 138 cm³/mol. The Bertz CT molecular complexity index is 1250. The molecular formula is C27H23BrClN3O3. The molecule has 178 valence electrons. The van der Waals surface area contributed by atoms with Gasteiger partial charge in [0.15, 0.2) is 0 Å². The number of halogens is 2. The third-order valence-corrected chi connectivity index (χ3v) is 7.15. The predicted octanol–water partition coefficient (Wildman–Crippen LogP) is 4.96. The Labute approximate surface area is 216 Å².